The summed E-state index contributed by atoms with van der Waals surface area (Å²) in [4.78, 5) is 23.1. The number of rotatable bonds is 12. The van der Waals surface area contributed by atoms with Crippen molar-refractivity contribution in [3.8, 4) is 0 Å². The van der Waals surface area contributed by atoms with Gasteiger partial charge in [0.1, 0.15) is 48.8 Å². The fraction of sp³-hybridized carbons (Fsp3) is 0.867. The number of methoxy groups -OCH3 is 1. The van der Waals surface area contributed by atoms with Crippen molar-refractivity contribution in [3.05, 3.63) is 0 Å². The van der Waals surface area contributed by atoms with E-state index in [2.05, 4.69) is 18.9 Å². The second kappa shape index (κ2) is 19.9. The Balaban J connectivity index is 0. The predicted molar refractivity (Wildman–Crippen MR) is 100 cm³/mol. The van der Waals surface area contributed by atoms with Gasteiger partial charge < -0.3 is 59.3 Å². The Kier molecular flexibility index (Phi) is 21.9. The quantitative estimate of drug-likeness (QED) is 0.0294. The van der Waals surface area contributed by atoms with E-state index in [1.165, 1.54) is 0 Å². The number of carbonyl (C=O) groups is 2. The van der Waals surface area contributed by atoms with Gasteiger partial charge >= 0.3 is 88.7 Å². The maximum atomic E-state index is 11.8. The van der Waals surface area contributed by atoms with Gasteiger partial charge in [-0.15, -0.1) is 4.33 Å². The number of ether oxygens (including phenoxy) is 4. The second-order valence-corrected chi connectivity index (χ2v) is 8.80. The summed E-state index contributed by atoms with van der Waals surface area (Å²) >= 11 is -0.129. The van der Waals surface area contributed by atoms with Gasteiger partial charge in [0.25, 0.3) is 0 Å². The van der Waals surface area contributed by atoms with Gasteiger partial charge in [-0.3, -0.25) is 18.2 Å². The average molecular weight is 637 g/mol. The van der Waals surface area contributed by atoms with Crippen molar-refractivity contribution in [2.45, 2.75) is 68.3 Å². The zero-order valence-corrected chi connectivity index (χ0v) is 28.9. The summed E-state index contributed by atoms with van der Waals surface area (Å²) in [5.41, 5.74) is 0. The van der Waals surface area contributed by atoms with Crippen LogP contribution in [0.15, 0.2) is 0 Å². The van der Waals surface area contributed by atoms with Gasteiger partial charge in [-0.25, -0.2) is 8.42 Å². The zero-order valence-electron chi connectivity index (χ0n) is 21.3. The molecular weight excluding hydrogens is 615 g/mol. The van der Waals surface area contributed by atoms with Crippen LogP contribution in [0.1, 0.15) is 6.92 Å². The molecule has 2 aliphatic rings. The molecule has 39 heavy (non-hydrogen) atoms. The van der Waals surface area contributed by atoms with Crippen molar-refractivity contribution >= 4 is 34.6 Å². The van der Waals surface area contributed by atoms with E-state index in [4.69, 9.17) is 23.1 Å². The van der Waals surface area contributed by atoms with E-state index in [1.54, 1.807) is 0 Å². The Morgan fingerprint density at radius 3 is 2.13 bits per heavy atom. The number of aliphatic hydroxyl groups is 3. The van der Waals surface area contributed by atoms with Crippen LogP contribution in [0.4, 0.5) is 0 Å². The van der Waals surface area contributed by atoms with Gasteiger partial charge in [0.2, 0.25) is 16.3 Å². The third-order valence-electron chi connectivity index (χ3n) is 4.92. The minimum Gasteiger partial charge on any atom is -0.726 e. The molecule has 4 N–H and O–H groups in total. The van der Waals surface area contributed by atoms with E-state index < -0.39 is 90.2 Å². The fourth-order valence-corrected chi connectivity index (χ4v) is 4.12. The van der Waals surface area contributed by atoms with Crippen LogP contribution in [0.3, 0.4) is 0 Å². The normalized spacial score (nSPS) is 34.5. The molecule has 2 saturated heterocycles. The molecule has 210 valence electrons. The monoisotopic (exact) mass is 637 g/mol. The third-order valence-corrected chi connectivity index (χ3v) is 5.76. The first kappa shape index (κ1) is 42.9. The van der Waals surface area contributed by atoms with Crippen LogP contribution >= 0.6 is 12.3 Å². The number of aliphatic hydroxyl groups excluding tert-OH is 3. The summed E-state index contributed by atoms with van der Waals surface area (Å²) in [6, 6.07) is -1.40. The maximum Gasteiger partial charge on any atom is 1.00 e. The van der Waals surface area contributed by atoms with E-state index in [-0.39, 0.29) is 101 Å². The molecule has 0 spiro atoms. The van der Waals surface area contributed by atoms with E-state index in [9.17, 15) is 48.2 Å². The number of carboxylic acid groups (broad SMARTS) is 1. The molecule has 0 aromatic rings. The van der Waals surface area contributed by atoms with E-state index in [0.29, 0.717) is 0 Å². The molecule has 0 aromatic carbocycles. The Bertz CT molecular complexity index is 860. The minimum absolute atomic E-state index is 0. The summed E-state index contributed by atoms with van der Waals surface area (Å²) in [7, 11) is -4.16. The molecule has 4 unspecified atom stereocenters. The van der Waals surface area contributed by atoms with E-state index >= 15 is 0 Å². The van der Waals surface area contributed by atoms with Crippen LogP contribution < -0.4 is 104 Å². The van der Waals surface area contributed by atoms with Gasteiger partial charge in [-0.05, 0) is 0 Å². The van der Waals surface area contributed by atoms with Crippen molar-refractivity contribution in [3.63, 3.8) is 0 Å². The van der Waals surface area contributed by atoms with Crippen molar-refractivity contribution in [1.82, 2.24) is 5.32 Å². The summed E-state index contributed by atoms with van der Waals surface area (Å²) in [5.74, 6) is -2.67. The number of nitrogens with one attached hydrogen (secondary N) is 1. The topological polar surface area (TPSA) is 284 Å². The Hall–Kier alpha value is 1.72. The van der Waals surface area contributed by atoms with Crippen LogP contribution in [-0.2, 0) is 56.7 Å². The average Bonchev–Trinajstić information content (AvgIpc) is 2.79. The third kappa shape index (κ3) is 12.7. The van der Waals surface area contributed by atoms with Crippen LogP contribution in [0, 0.1) is 0 Å². The molecule has 2 aliphatic heterocycles. The van der Waals surface area contributed by atoms with Crippen LogP contribution in [0.2, 0.25) is 0 Å². The standard InChI is InChI=1S/C15H25NO18S2.3Na/c1-4(17)16-6-11(30-15-9(20)7(18)8(19)12(31-15)13(21)22)10(32-35-34-33-23)5(29-14(6)27-2)3-28-36(24,25)26;;;/h5-12,14-15,18-20,23H,3H2,1-2H3,(H,16,17)(H,21,22)(H,24,25,26);;;/q;3*+1/p-3/t5?,6?,7-,8-,9?,10+,11+,12?,14-,15+;;;/m0.../s1. The van der Waals surface area contributed by atoms with Gasteiger partial charge in [0.15, 0.2) is 24.9 Å². The largest absolute Gasteiger partial charge is 1.00 e. The van der Waals surface area contributed by atoms with Crippen molar-refractivity contribution in [1.29, 1.82) is 0 Å². The molecule has 2 fully saturated rings. The molecule has 0 saturated carbocycles. The summed E-state index contributed by atoms with van der Waals surface area (Å²) < 4.78 is 67.4. The van der Waals surface area contributed by atoms with Crippen molar-refractivity contribution < 1.29 is 174 Å². The molecule has 0 radical (unpaired) electrons. The number of carboxylic acids is 1. The smallest absolute Gasteiger partial charge is 0.726 e. The van der Waals surface area contributed by atoms with Crippen LogP contribution in [0.5, 0.6) is 0 Å². The first-order valence-corrected chi connectivity index (χ1v) is 11.7. The Morgan fingerprint density at radius 2 is 1.64 bits per heavy atom. The molecule has 19 nitrogen and oxygen atoms in total. The SMILES string of the molecule is CO[C@H]1OC(COS(=O)(=O)[O-])[C@@H](OSOO[O-])[C@H](O[C@@H]2OC(C(=O)[O-])[C@@H](O)[C@H](O)C2O)C1NC(C)=O.[Na+].[Na+].[Na+]. The molecule has 0 bridgehead atoms. The van der Waals surface area contributed by atoms with Crippen LogP contribution in [-0.4, -0.2) is 115 Å². The first-order valence-electron chi connectivity index (χ1n) is 9.71. The number of aliphatic carboxylic acids is 1. The minimum atomic E-state index is -5.26. The van der Waals surface area contributed by atoms with E-state index in [0.717, 1.165) is 14.0 Å². The summed E-state index contributed by atoms with van der Waals surface area (Å²) in [5, 5.41) is 57.1. The van der Waals surface area contributed by atoms with Gasteiger partial charge in [0, 0.05) is 14.0 Å². The second-order valence-electron chi connectivity index (χ2n) is 7.28. The Morgan fingerprint density at radius 1 is 1.03 bits per heavy atom. The maximum absolute atomic E-state index is 11.8. The van der Waals surface area contributed by atoms with Gasteiger partial charge in [-0.1, -0.05) is 0 Å². The Labute approximate surface area is 292 Å². The molecular formula is C15H22NNa3O18S2. The van der Waals surface area contributed by atoms with Gasteiger partial charge in [-0.2, -0.15) is 0 Å². The fourth-order valence-electron chi connectivity index (χ4n) is 3.44. The zero-order chi connectivity index (χ0) is 27.2. The number of amides is 1. The molecule has 1 amide bonds. The van der Waals surface area contributed by atoms with Crippen molar-refractivity contribution in [2.24, 2.45) is 0 Å². The molecule has 2 rings (SSSR count). The molecule has 0 aliphatic carbocycles. The number of carbonyl (C=O) groups excluding carboxylic acids is 2. The molecule has 24 heteroatoms. The molecule has 0 aromatic heterocycles. The van der Waals surface area contributed by atoms with E-state index in [1.807, 2.05) is 0 Å². The summed E-state index contributed by atoms with van der Waals surface area (Å²) in [6.45, 7) is 0.0407. The summed E-state index contributed by atoms with van der Waals surface area (Å²) in [6.07, 6.45) is -16.9. The molecule has 10 atom stereocenters. The van der Waals surface area contributed by atoms with Gasteiger partial charge in [0.05, 0.1) is 12.6 Å². The van der Waals surface area contributed by atoms with Crippen LogP contribution in [0.25, 0.3) is 0 Å². The predicted octanol–water partition coefficient (Wildman–Crippen LogP) is -15.5. The first-order chi connectivity index (χ1) is 16.8. The number of hydrogen-bond donors (Lipinski definition) is 4. The molecule has 2 heterocycles. The number of hydrogen-bond acceptors (Lipinski definition) is 19. The van der Waals surface area contributed by atoms with Crippen molar-refractivity contribution in [2.75, 3.05) is 13.7 Å².